The lowest BCUT2D eigenvalue weighted by Gasteiger charge is -2.32. The summed E-state index contributed by atoms with van der Waals surface area (Å²) in [6, 6.07) is 11.2. The zero-order valence-electron chi connectivity index (χ0n) is 17.9. The van der Waals surface area contributed by atoms with Gasteiger partial charge in [0, 0.05) is 11.1 Å². The summed E-state index contributed by atoms with van der Waals surface area (Å²) < 4.78 is 54.1. The van der Waals surface area contributed by atoms with Crippen molar-refractivity contribution in [2.24, 2.45) is 17.8 Å². The van der Waals surface area contributed by atoms with Crippen molar-refractivity contribution in [3.63, 3.8) is 0 Å². The second-order valence-corrected chi connectivity index (χ2v) is 8.51. The molecule has 0 aliphatic heterocycles. The van der Waals surface area contributed by atoms with E-state index in [-0.39, 0.29) is 5.56 Å². The van der Waals surface area contributed by atoms with Gasteiger partial charge in [-0.25, -0.2) is 4.39 Å². The number of ether oxygens (including phenoxy) is 1. The fraction of sp³-hybridized carbons (Fsp3) is 0.462. The van der Waals surface area contributed by atoms with Crippen molar-refractivity contribution in [2.75, 3.05) is 0 Å². The molecule has 0 N–H and O–H groups in total. The van der Waals surface area contributed by atoms with Crippen LogP contribution in [0, 0.1) is 35.4 Å². The lowest BCUT2D eigenvalue weighted by molar-refractivity contribution is -0.275. The van der Waals surface area contributed by atoms with Gasteiger partial charge >= 0.3 is 6.36 Å². The summed E-state index contributed by atoms with van der Waals surface area (Å²) in [6.07, 6.45) is 2.76. The maximum Gasteiger partial charge on any atom is 0.573 e. The van der Waals surface area contributed by atoms with Crippen LogP contribution >= 0.6 is 0 Å². The smallest absolute Gasteiger partial charge is 0.403 e. The van der Waals surface area contributed by atoms with E-state index < -0.39 is 17.9 Å². The first-order chi connectivity index (χ1) is 14.7. The predicted molar refractivity (Wildman–Crippen MR) is 114 cm³/mol. The third-order valence-electron chi connectivity index (χ3n) is 6.29. The maximum atomic E-state index is 13.8. The monoisotopic (exact) mass is 432 g/mol. The van der Waals surface area contributed by atoms with Crippen molar-refractivity contribution in [3.05, 3.63) is 65.0 Å². The number of benzene rings is 2. The Morgan fingerprint density at radius 2 is 1.58 bits per heavy atom. The second-order valence-electron chi connectivity index (χ2n) is 8.51. The molecule has 0 bridgehead atoms. The van der Waals surface area contributed by atoms with Crippen LogP contribution in [-0.4, -0.2) is 6.36 Å². The van der Waals surface area contributed by atoms with E-state index in [0.717, 1.165) is 36.0 Å². The molecule has 1 atom stereocenters. The van der Waals surface area contributed by atoms with Crippen LogP contribution in [0.2, 0.25) is 0 Å². The molecule has 1 aliphatic rings. The van der Waals surface area contributed by atoms with Crippen molar-refractivity contribution >= 4 is 0 Å². The first-order valence-corrected chi connectivity index (χ1v) is 10.9. The predicted octanol–water partition coefficient (Wildman–Crippen LogP) is 7.52. The number of rotatable bonds is 5. The summed E-state index contributed by atoms with van der Waals surface area (Å²) in [5, 5.41) is 0. The van der Waals surface area contributed by atoms with Crippen LogP contribution in [0.3, 0.4) is 0 Å². The van der Waals surface area contributed by atoms with Gasteiger partial charge in [0.05, 0.1) is 0 Å². The second kappa shape index (κ2) is 10.2. The molecule has 0 amide bonds. The van der Waals surface area contributed by atoms with Gasteiger partial charge in [0.15, 0.2) is 11.6 Å². The van der Waals surface area contributed by atoms with Gasteiger partial charge in [-0.1, -0.05) is 57.1 Å². The van der Waals surface area contributed by atoms with E-state index in [9.17, 15) is 17.6 Å². The van der Waals surface area contributed by atoms with E-state index in [1.165, 1.54) is 43.7 Å². The van der Waals surface area contributed by atoms with Crippen LogP contribution in [0.5, 0.6) is 5.75 Å². The highest BCUT2D eigenvalue weighted by molar-refractivity contribution is 5.45. The normalized spacial score (nSPS) is 19.9. The van der Waals surface area contributed by atoms with Gasteiger partial charge in [-0.05, 0) is 72.9 Å². The summed E-state index contributed by atoms with van der Waals surface area (Å²) in [6.45, 7) is 4.62. The number of halogens is 4. The summed E-state index contributed by atoms with van der Waals surface area (Å²) >= 11 is 0. The van der Waals surface area contributed by atoms with Crippen LogP contribution in [0.4, 0.5) is 17.6 Å². The van der Waals surface area contributed by atoms with Crippen molar-refractivity contribution in [3.8, 4) is 17.6 Å². The van der Waals surface area contributed by atoms with Gasteiger partial charge in [-0.2, -0.15) is 0 Å². The van der Waals surface area contributed by atoms with Gasteiger partial charge in [-0.15, -0.1) is 13.2 Å². The Kier molecular flexibility index (Phi) is 7.64. The van der Waals surface area contributed by atoms with E-state index in [1.54, 1.807) is 0 Å². The molecular formula is C26H28F4O. The highest BCUT2D eigenvalue weighted by atomic mass is 19.4. The van der Waals surface area contributed by atoms with E-state index >= 15 is 0 Å². The number of hydrogen-bond donors (Lipinski definition) is 0. The molecule has 2 aromatic rings. The Labute approximate surface area is 181 Å². The van der Waals surface area contributed by atoms with E-state index in [1.807, 2.05) is 12.1 Å². The maximum absolute atomic E-state index is 13.8. The molecule has 1 aliphatic carbocycles. The summed E-state index contributed by atoms with van der Waals surface area (Å²) in [7, 11) is 0. The van der Waals surface area contributed by atoms with Crippen LogP contribution < -0.4 is 4.74 Å². The molecule has 1 saturated carbocycles. The molecule has 0 heterocycles. The fourth-order valence-corrected chi connectivity index (χ4v) is 4.36. The standard InChI is InChI=1S/C26H28F4O/c1-3-19-10-13-23(14-11-19)18(2)16-21-7-4-20(5-8-21)6-9-22-12-15-25(24(27)17-22)31-26(28,29)30/h4-5,7-8,12,15,17-19,23H,3,10-11,13-14,16H2,1-2H3. The van der Waals surface area contributed by atoms with Crippen LogP contribution in [-0.2, 0) is 6.42 Å². The van der Waals surface area contributed by atoms with Crippen molar-refractivity contribution < 1.29 is 22.3 Å². The van der Waals surface area contributed by atoms with Gasteiger partial charge in [0.2, 0.25) is 0 Å². The molecule has 5 heteroatoms. The van der Waals surface area contributed by atoms with E-state index in [0.29, 0.717) is 5.92 Å². The first-order valence-electron chi connectivity index (χ1n) is 10.9. The zero-order chi connectivity index (χ0) is 22.4. The molecule has 3 rings (SSSR count). The Morgan fingerprint density at radius 3 is 2.16 bits per heavy atom. The lowest BCUT2D eigenvalue weighted by Crippen LogP contribution is -2.21. The van der Waals surface area contributed by atoms with Crippen molar-refractivity contribution in [1.82, 2.24) is 0 Å². The highest BCUT2D eigenvalue weighted by Gasteiger charge is 2.32. The fourth-order valence-electron chi connectivity index (χ4n) is 4.36. The van der Waals surface area contributed by atoms with E-state index in [2.05, 4.69) is 42.6 Å². The molecule has 1 nitrogen and oxygen atoms in total. The third-order valence-corrected chi connectivity index (χ3v) is 6.29. The van der Waals surface area contributed by atoms with E-state index in [4.69, 9.17) is 0 Å². The summed E-state index contributed by atoms with van der Waals surface area (Å²) in [5.41, 5.74) is 2.33. The van der Waals surface area contributed by atoms with Gasteiger partial charge in [0.1, 0.15) is 0 Å². The zero-order valence-corrected chi connectivity index (χ0v) is 17.9. The average Bonchev–Trinajstić information content (AvgIpc) is 2.74. The minimum Gasteiger partial charge on any atom is -0.403 e. The topological polar surface area (TPSA) is 9.23 Å². The minimum absolute atomic E-state index is 0.285. The molecule has 1 unspecified atom stereocenters. The Bertz CT molecular complexity index is 913. The number of hydrogen-bond acceptors (Lipinski definition) is 1. The lowest BCUT2D eigenvalue weighted by atomic mass is 9.74. The third kappa shape index (κ3) is 7.02. The molecule has 0 saturated heterocycles. The molecule has 166 valence electrons. The van der Waals surface area contributed by atoms with Gasteiger partial charge < -0.3 is 4.74 Å². The Morgan fingerprint density at radius 1 is 0.968 bits per heavy atom. The molecule has 0 aromatic heterocycles. The average molecular weight is 433 g/mol. The quantitative estimate of drug-likeness (QED) is 0.351. The first kappa shape index (κ1) is 23.2. The van der Waals surface area contributed by atoms with Crippen LogP contribution in [0.15, 0.2) is 42.5 Å². The molecular weight excluding hydrogens is 404 g/mol. The molecule has 0 radical (unpaired) electrons. The Balaban J connectivity index is 1.58. The molecule has 2 aromatic carbocycles. The minimum atomic E-state index is -4.93. The van der Waals surface area contributed by atoms with Gasteiger partial charge in [0.25, 0.3) is 0 Å². The Hall–Kier alpha value is -2.48. The van der Waals surface area contributed by atoms with Crippen LogP contribution in [0.1, 0.15) is 62.6 Å². The van der Waals surface area contributed by atoms with Crippen LogP contribution in [0.25, 0.3) is 0 Å². The van der Waals surface area contributed by atoms with Crippen molar-refractivity contribution in [2.45, 2.75) is 58.7 Å². The van der Waals surface area contributed by atoms with Crippen molar-refractivity contribution in [1.29, 1.82) is 0 Å². The molecule has 31 heavy (non-hydrogen) atoms. The summed E-state index contributed by atoms with van der Waals surface area (Å²) in [4.78, 5) is 0. The van der Waals surface area contributed by atoms with Gasteiger partial charge in [-0.3, -0.25) is 0 Å². The molecule has 1 fully saturated rings. The number of alkyl halides is 3. The molecule has 0 spiro atoms. The SMILES string of the molecule is CCC1CCC(C(C)Cc2ccc(C#Cc3ccc(OC(F)(F)F)c(F)c3)cc2)CC1. The highest BCUT2D eigenvalue weighted by Crippen LogP contribution is 2.36. The summed E-state index contributed by atoms with van der Waals surface area (Å²) in [5.74, 6) is 6.11. The largest absolute Gasteiger partial charge is 0.573 e.